The van der Waals surface area contributed by atoms with Gasteiger partial charge in [0, 0.05) is 6.54 Å². The fraction of sp³-hybridized carbons (Fsp3) is 0.273. The van der Waals surface area contributed by atoms with Crippen molar-refractivity contribution in [1.29, 1.82) is 5.26 Å². The number of nitriles is 1. The maximum absolute atomic E-state index is 11.8. The molecule has 0 radical (unpaired) electrons. The molecule has 18 heavy (non-hydrogen) atoms. The third-order valence-corrected chi connectivity index (χ3v) is 2.51. The number of hydrogen-bond donors (Lipinski definition) is 1. The number of nitro benzene ring substituents is 1. The quantitative estimate of drug-likeness (QED) is 0.667. The number of carbonyl (C=O) groups is 1. The zero-order valence-electron chi connectivity index (χ0n) is 9.51. The number of rotatable bonds is 4. The molecule has 0 saturated heterocycles. The number of amides is 1. The molecule has 1 aromatic rings. The van der Waals surface area contributed by atoms with Gasteiger partial charge >= 0.3 is 5.69 Å². The Balaban J connectivity index is 2.96. The molecular formula is C11H10ClN3O3. The molecular weight excluding hydrogens is 258 g/mol. The van der Waals surface area contributed by atoms with Gasteiger partial charge < -0.3 is 5.32 Å². The number of carbonyl (C=O) groups excluding carboxylic acids is 1. The number of halogens is 1. The van der Waals surface area contributed by atoms with E-state index in [2.05, 4.69) is 5.32 Å². The Kier molecular flexibility index (Phi) is 4.63. The highest BCUT2D eigenvalue weighted by atomic mass is 35.5. The van der Waals surface area contributed by atoms with E-state index < -0.39 is 16.5 Å². The number of nitrogens with zero attached hydrogens (tertiary/aromatic N) is 2. The lowest BCUT2D eigenvalue weighted by atomic mass is 10.1. The summed E-state index contributed by atoms with van der Waals surface area (Å²) < 4.78 is 0. The van der Waals surface area contributed by atoms with E-state index in [1.54, 1.807) is 6.92 Å². The molecule has 6 nitrogen and oxygen atoms in total. The molecule has 1 N–H and O–H groups in total. The predicted octanol–water partition coefficient (Wildman–Crippen LogP) is 2.14. The van der Waals surface area contributed by atoms with Crippen LogP contribution in [-0.2, 0) is 0 Å². The second-order valence-corrected chi connectivity index (χ2v) is 4.04. The van der Waals surface area contributed by atoms with Crippen molar-refractivity contribution in [2.75, 3.05) is 6.54 Å². The number of benzene rings is 1. The lowest BCUT2D eigenvalue weighted by molar-refractivity contribution is -0.385. The summed E-state index contributed by atoms with van der Waals surface area (Å²) in [6, 6.07) is 6.06. The summed E-state index contributed by atoms with van der Waals surface area (Å²) in [6.07, 6.45) is 0. The van der Waals surface area contributed by atoms with Crippen molar-refractivity contribution in [3.8, 4) is 6.07 Å². The minimum Gasteiger partial charge on any atom is -0.351 e. The van der Waals surface area contributed by atoms with Crippen molar-refractivity contribution in [2.24, 2.45) is 5.92 Å². The van der Waals surface area contributed by atoms with Crippen LogP contribution in [-0.4, -0.2) is 17.4 Å². The first-order valence-corrected chi connectivity index (χ1v) is 5.46. The van der Waals surface area contributed by atoms with E-state index in [1.807, 2.05) is 6.07 Å². The molecule has 1 rings (SSSR count). The Morgan fingerprint density at radius 3 is 2.89 bits per heavy atom. The van der Waals surface area contributed by atoms with Gasteiger partial charge in [0.25, 0.3) is 5.91 Å². The molecule has 0 bridgehead atoms. The van der Waals surface area contributed by atoms with Crippen LogP contribution in [0.15, 0.2) is 18.2 Å². The fourth-order valence-corrected chi connectivity index (χ4v) is 1.51. The highest BCUT2D eigenvalue weighted by molar-refractivity contribution is 6.33. The van der Waals surface area contributed by atoms with Gasteiger partial charge in [-0.1, -0.05) is 17.7 Å². The summed E-state index contributed by atoms with van der Waals surface area (Å²) in [7, 11) is 0. The fourth-order valence-electron chi connectivity index (χ4n) is 1.27. The highest BCUT2D eigenvalue weighted by Crippen LogP contribution is 2.27. The van der Waals surface area contributed by atoms with Gasteiger partial charge in [-0.05, 0) is 19.1 Å². The van der Waals surface area contributed by atoms with E-state index in [0.29, 0.717) is 0 Å². The third kappa shape index (κ3) is 3.18. The molecule has 0 heterocycles. The van der Waals surface area contributed by atoms with Gasteiger partial charge in [0.1, 0.15) is 10.6 Å². The van der Waals surface area contributed by atoms with Crippen molar-refractivity contribution in [3.05, 3.63) is 38.9 Å². The molecule has 0 aliphatic rings. The van der Waals surface area contributed by atoms with Gasteiger partial charge in [-0.3, -0.25) is 14.9 Å². The summed E-state index contributed by atoms with van der Waals surface area (Å²) in [5.41, 5.74) is -0.543. The predicted molar refractivity (Wildman–Crippen MR) is 65.2 cm³/mol. The van der Waals surface area contributed by atoms with Crippen LogP contribution in [0.3, 0.4) is 0 Å². The van der Waals surface area contributed by atoms with Crippen LogP contribution in [0, 0.1) is 27.4 Å². The largest absolute Gasteiger partial charge is 0.351 e. The second-order valence-electron chi connectivity index (χ2n) is 3.63. The first-order valence-electron chi connectivity index (χ1n) is 5.08. The van der Waals surface area contributed by atoms with Crippen LogP contribution in [0.5, 0.6) is 0 Å². The van der Waals surface area contributed by atoms with Gasteiger partial charge in [0.2, 0.25) is 0 Å². The molecule has 1 amide bonds. The number of nitrogens with one attached hydrogen (secondary N) is 1. The monoisotopic (exact) mass is 267 g/mol. The van der Waals surface area contributed by atoms with Gasteiger partial charge in [-0.2, -0.15) is 5.26 Å². The van der Waals surface area contributed by atoms with Crippen LogP contribution in [0.1, 0.15) is 17.3 Å². The Labute approximate surface area is 108 Å². The lowest BCUT2D eigenvalue weighted by Gasteiger charge is -2.07. The maximum Gasteiger partial charge on any atom is 0.300 e. The van der Waals surface area contributed by atoms with Crippen LogP contribution in [0.4, 0.5) is 5.69 Å². The van der Waals surface area contributed by atoms with Crippen LogP contribution >= 0.6 is 11.6 Å². The van der Waals surface area contributed by atoms with Crippen LogP contribution in [0.2, 0.25) is 5.02 Å². The van der Waals surface area contributed by atoms with Gasteiger partial charge in [-0.15, -0.1) is 0 Å². The zero-order chi connectivity index (χ0) is 13.7. The molecule has 7 heteroatoms. The molecule has 1 unspecified atom stereocenters. The molecule has 1 atom stereocenters. The normalized spacial score (nSPS) is 11.4. The smallest absolute Gasteiger partial charge is 0.300 e. The Morgan fingerprint density at radius 1 is 1.67 bits per heavy atom. The number of para-hydroxylation sites is 1. The first-order chi connectivity index (χ1) is 8.47. The molecule has 1 aromatic carbocycles. The summed E-state index contributed by atoms with van der Waals surface area (Å²) in [5.74, 6) is -0.988. The van der Waals surface area contributed by atoms with Gasteiger partial charge in [-0.25, -0.2) is 0 Å². The van der Waals surface area contributed by atoms with Crippen LogP contribution in [0.25, 0.3) is 0 Å². The summed E-state index contributed by atoms with van der Waals surface area (Å²) in [4.78, 5) is 21.9. The van der Waals surface area contributed by atoms with Crippen LogP contribution < -0.4 is 5.32 Å². The summed E-state index contributed by atoms with van der Waals surface area (Å²) >= 11 is 5.68. The third-order valence-electron chi connectivity index (χ3n) is 2.20. The molecule has 0 aliphatic heterocycles. The van der Waals surface area contributed by atoms with Crippen molar-refractivity contribution >= 4 is 23.2 Å². The SMILES string of the molecule is CC(C#N)CNC(=O)c1cccc(Cl)c1[N+](=O)[O-]. The summed E-state index contributed by atoms with van der Waals surface area (Å²) in [5, 5.41) is 21.8. The van der Waals surface area contributed by atoms with E-state index in [-0.39, 0.29) is 23.0 Å². The minimum absolute atomic E-state index is 0.0963. The van der Waals surface area contributed by atoms with Crippen molar-refractivity contribution in [2.45, 2.75) is 6.92 Å². The van der Waals surface area contributed by atoms with E-state index in [9.17, 15) is 14.9 Å². The van der Waals surface area contributed by atoms with Gasteiger partial charge in [0.05, 0.1) is 16.9 Å². The Morgan fingerprint density at radius 2 is 2.33 bits per heavy atom. The number of hydrogen-bond acceptors (Lipinski definition) is 4. The Hall–Kier alpha value is -2.13. The van der Waals surface area contributed by atoms with E-state index >= 15 is 0 Å². The molecule has 0 aromatic heterocycles. The molecule has 94 valence electrons. The molecule has 0 spiro atoms. The summed E-state index contributed by atoms with van der Waals surface area (Å²) in [6.45, 7) is 1.76. The van der Waals surface area contributed by atoms with E-state index in [1.165, 1.54) is 18.2 Å². The van der Waals surface area contributed by atoms with E-state index in [4.69, 9.17) is 16.9 Å². The van der Waals surface area contributed by atoms with Crippen molar-refractivity contribution in [3.63, 3.8) is 0 Å². The van der Waals surface area contributed by atoms with E-state index in [0.717, 1.165) is 0 Å². The Bertz CT molecular complexity index is 525. The second kappa shape index (κ2) is 5.98. The molecule has 0 aliphatic carbocycles. The van der Waals surface area contributed by atoms with Gasteiger partial charge in [0.15, 0.2) is 0 Å². The first kappa shape index (κ1) is 13.9. The number of nitro groups is 1. The average molecular weight is 268 g/mol. The molecule has 0 saturated carbocycles. The minimum atomic E-state index is -0.703. The average Bonchev–Trinajstić information content (AvgIpc) is 2.34. The van der Waals surface area contributed by atoms with Crippen molar-refractivity contribution in [1.82, 2.24) is 5.32 Å². The maximum atomic E-state index is 11.8. The molecule has 0 fully saturated rings. The topological polar surface area (TPSA) is 96.0 Å². The van der Waals surface area contributed by atoms with Crippen molar-refractivity contribution < 1.29 is 9.72 Å². The zero-order valence-corrected chi connectivity index (χ0v) is 10.3. The highest BCUT2D eigenvalue weighted by Gasteiger charge is 2.23. The lowest BCUT2D eigenvalue weighted by Crippen LogP contribution is -2.28. The standard InChI is InChI=1S/C11H10ClN3O3/c1-7(5-13)6-14-11(16)8-3-2-4-9(12)10(8)15(17)18/h2-4,7H,6H2,1H3,(H,14,16).